The van der Waals surface area contributed by atoms with Crippen LogP contribution in [0.1, 0.15) is 0 Å². The second-order valence-corrected chi connectivity index (χ2v) is 13.6. The van der Waals surface area contributed by atoms with Gasteiger partial charge in [0.2, 0.25) is 0 Å². The standard InChI is InChI=1S/C46H29N3S/c1-3-14-30(15-4-1)31-16-11-19-34(28-31)45-47-44(43-38-23-8-10-27-41(38)50-46(43)48-45)33-18-12-17-32(29-33)36-24-13-26-40-42(36)37-22-7-9-25-39(37)49(40)35-20-5-2-6-21-35/h1-29H. The molecule has 0 fully saturated rings. The summed E-state index contributed by atoms with van der Waals surface area (Å²) in [5, 5.41) is 4.77. The highest BCUT2D eigenvalue weighted by Gasteiger charge is 2.19. The Morgan fingerprint density at radius 1 is 0.420 bits per heavy atom. The minimum Gasteiger partial charge on any atom is -0.309 e. The minimum absolute atomic E-state index is 0.732. The Bertz CT molecular complexity index is 2870. The average Bonchev–Trinajstić information content (AvgIpc) is 3.74. The minimum atomic E-state index is 0.732. The molecule has 4 heteroatoms. The van der Waals surface area contributed by atoms with Crippen LogP contribution in [0, 0.1) is 0 Å². The van der Waals surface area contributed by atoms with Crippen molar-refractivity contribution in [2.24, 2.45) is 0 Å². The molecule has 0 aliphatic heterocycles. The number of hydrogen-bond acceptors (Lipinski definition) is 3. The molecule has 10 aromatic rings. The number of fused-ring (bicyclic) bond motifs is 6. The Balaban J connectivity index is 1.19. The molecule has 0 N–H and O–H groups in total. The first kappa shape index (κ1) is 28.6. The van der Waals surface area contributed by atoms with Crippen LogP contribution in [0.5, 0.6) is 0 Å². The molecule has 0 bridgehead atoms. The van der Waals surface area contributed by atoms with E-state index in [0.29, 0.717) is 0 Å². The van der Waals surface area contributed by atoms with Crippen molar-refractivity contribution in [3.05, 3.63) is 176 Å². The van der Waals surface area contributed by atoms with Gasteiger partial charge in [-0.3, -0.25) is 0 Å². The zero-order valence-corrected chi connectivity index (χ0v) is 27.8. The van der Waals surface area contributed by atoms with Gasteiger partial charge < -0.3 is 4.57 Å². The second kappa shape index (κ2) is 11.7. The highest BCUT2D eigenvalue weighted by molar-refractivity contribution is 7.25. The van der Waals surface area contributed by atoms with Crippen LogP contribution >= 0.6 is 11.3 Å². The fraction of sp³-hybridized carbons (Fsp3) is 0. The van der Waals surface area contributed by atoms with Crippen molar-refractivity contribution in [1.29, 1.82) is 0 Å². The van der Waals surface area contributed by atoms with Crippen LogP contribution in [0.25, 0.3) is 92.7 Å². The first-order chi connectivity index (χ1) is 24.8. The van der Waals surface area contributed by atoms with Crippen LogP contribution < -0.4 is 0 Å². The summed E-state index contributed by atoms with van der Waals surface area (Å²) in [6.45, 7) is 0. The largest absolute Gasteiger partial charge is 0.309 e. The summed E-state index contributed by atoms with van der Waals surface area (Å²) < 4.78 is 3.59. The van der Waals surface area contributed by atoms with Gasteiger partial charge in [0.15, 0.2) is 5.82 Å². The lowest BCUT2D eigenvalue weighted by molar-refractivity contribution is 1.18. The van der Waals surface area contributed by atoms with Gasteiger partial charge in [-0.2, -0.15) is 0 Å². The molecule has 0 radical (unpaired) electrons. The number of hydrogen-bond donors (Lipinski definition) is 0. The van der Waals surface area contributed by atoms with Gasteiger partial charge in [-0.25, -0.2) is 9.97 Å². The van der Waals surface area contributed by atoms with Gasteiger partial charge in [0.25, 0.3) is 0 Å². The van der Waals surface area contributed by atoms with Gasteiger partial charge in [-0.1, -0.05) is 133 Å². The smallest absolute Gasteiger partial charge is 0.161 e. The predicted octanol–water partition coefficient (Wildman–Crippen LogP) is 12.6. The third-order valence-corrected chi connectivity index (χ3v) is 10.7. The molecule has 0 unspecified atom stereocenters. The van der Waals surface area contributed by atoms with Crippen LogP contribution in [-0.4, -0.2) is 14.5 Å². The molecule has 3 heterocycles. The SMILES string of the molecule is c1ccc(-c2cccc(-c3nc(-c4cccc(-c5cccc6c5c5ccccc5n6-c5ccccc5)c4)c4c(n3)sc3ccccc34)c2)cc1. The molecule has 0 saturated heterocycles. The van der Waals surface area contributed by atoms with Crippen LogP contribution in [0.2, 0.25) is 0 Å². The van der Waals surface area contributed by atoms with E-state index in [1.165, 1.54) is 43.0 Å². The van der Waals surface area contributed by atoms with Crippen molar-refractivity contribution in [2.75, 3.05) is 0 Å². The highest BCUT2D eigenvalue weighted by atomic mass is 32.1. The van der Waals surface area contributed by atoms with Crippen LogP contribution in [-0.2, 0) is 0 Å². The topological polar surface area (TPSA) is 30.7 Å². The van der Waals surface area contributed by atoms with Crippen LogP contribution in [0.3, 0.4) is 0 Å². The molecule has 50 heavy (non-hydrogen) atoms. The first-order valence-corrected chi connectivity index (χ1v) is 17.7. The number of thiophene rings is 1. The molecule has 0 atom stereocenters. The van der Waals surface area contributed by atoms with E-state index in [2.05, 4.69) is 174 Å². The summed E-state index contributed by atoms with van der Waals surface area (Å²) in [5.41, 5.74) is 11.2. The van der Waals surface area contributed by atoms with Gasteiger partial charge in [-0.15, -0.1) is 11.3 Å². The molecular weight excluding hydrogens is 627 g/mol. The van der Waals surface area contributed by atoms with Crippen molar-refractivity contribution in [3.63, 3.8) is 0 Å². The zero-order valence-electron chi connectivity index (χ0n) is 27.0. The Morgan fingerprint density at radius 3 is 1.90 bits per heavy atom. The van der Waals surface area contributed by atoms with E-state index in [0.717, 1.165) is 49.7 Å². The van der Waals surface area contributed by atoms with E-state index < -0.39 is 0 Å². The van der Waals surface area contributed by atoms with Gasteiger partial charge in [0.05, 0.1) is 16.7 Å². The van der Waals surface area contributed by atoms with Crippen molar-refractivity contribution in [1.82, 2.24) is 14.5 Å². The van der Waals surface area contributed by atoms with Gasteiger partial charge >= 0.3 is 0 Å². The lowest BCUT2D eigenvalue weighted by atomic mass is 9.96. The Kier molecular flexibility index (Phi) is 6.68. The third-order valence-electron chi connectivity index (χ3n) is 9.63. The first-order valence-electron chi connectivity index (χ1n) is 16.8. The van der Waals surface area contributed by atoms with E-state index in [4.69, 9.17) is 9.97 Å². The molecule has 0 aliphatic rings. The average molecular weight is 656 g/mol. The number of nitrogens with zero attached hydrogens (tertiary/aromatic N) is 3. The second-order valence-electron chi connectivity index (χ2n) is 12.6. The maximum Gasteiger partial charge on any atom is 0.161 e. The molecule has 0 spiro atoms. The molecule has 7 aromatic carbocycles. The monoisotopic (exact) mass is 655 g/mol. The summed E-state index contributed by atoms with van der Waals surface area (Å²) in [5.74, 6) is 0.732. The number of aromatic nitrogens is 3. The van der Waals surface area contributed by atoms with E-state index in [1.807, 2.05) is 6.07 Å². The van der Waals surface area contributed by atoms with E-state index in [1.54, 1.807) is 11.3 Å². The number of rotatable bonds is 5. The third kappa shape index (κ3) is 4.65. The summed E-state index contributed by atoms with van der Waals surface area (Å²) in [7, 11) is 0. The van der Waals surface area contributed by atoms with Gasteiger partial charge in [-0.05, 0) is 64.7 Å². The fourth-order valence-electron chi connectivity index (χ4n) is 7.38. The van der Waals surface area contributed by atoms with E-state index >= 15 is 0 Å². The van der Waals surface area contributed by atoms with Crippen molar-refractivity contribution in [3.8, 4) is 50.6 Å². The fourth-order valence-corrected chi connectivity index (χ4v) is 8.45. The van der Waals surface area contributed by atoms with E-state index in [9.17, 15) is 0 Å². The molecule has 3 nitrogen and oxygen atoms in total. The van der Waals surface area contributed by atoms with E-state index in [-0.39, 0.29) is 0 Å². The van der Waals surface area contributed by atoms with Crippen LogP contribution in [0.15, 0.2) is 176 Å². The van der Waals surface area contributed by atoms with Crippen molar-refractivity contribution >= 4 is 53.4 Å². The normalized spacial score (nSPS) is 11.6. The summed E-state index contributed by atoms with van der Waals surface area (Å²) >= 11 is 1.73. The lowest BCUT2D eigenvalue weighted by Gasteiger charge is -2.11. The van der Waals surface area contributed by atoms with Crippen molar-refractivity contribution in [2.45, 2.75) is 0 Å². The predicted molar refractivity (Wildman–Crippen MR) is 211 cm³/mol. The molecule has 0 aliphatic carbocycles. The lowest BCUT2D eigenvalue weighted by Crippen LogP contribution is -1.94. The number of benzene rings is 7. The maximum atomic E-state index is 5.38. The Hall–Kier alpha value is -6.36. The molecule has 3 aromatic heterocycles. The zero-order chi connectivity index (χ0) is 33.0. The molecule has 10 rings (SSSR count). The maximum absolute atomic E-state index is 5.38. The molecule has 0 saturated carbocycles. The summed E-state index contributed by atoms with van der Waals surface area (Å²) in [4.78, 5) is 11.6. The summed E-state index contributed by atoms with van der Waals surface area (Å²) in [6, 6.07) is 62.5. The van der Waals surface area contributed by atoms with Crippen molar-refractivity contribution < 1.29 is 0 Å². The Labute approximate surface area is 293 Å². The highest BCUT2D eigenvalue weighted by Crippen LogP contribution is 2.42. The van der Waals surface area contributed by atoms with Crippen LogP contribution in [0.4, 0.5) is 0 Å². The van der Waals surface area contributed by atoms with Gasteiger partial charge in [0, 0.05) is 43.1 Å². The number of para-hydroxylation sites is 2. The van der Waals surface area contributed by atoms with Gasteiger partial charge in [0.1, 0.15) is 4.83 Å². The molecular formula is C46H29N3S. The quantitative estimate of drug-likeness (QED) is 0.185. The Morgan fingerprint density at radius 2 is 1.04 bits per heavy atom. The molecule has 0 amide bonds. The molecule has 234 valence electrons. The summed E-state index contributed by atoms with van der Waals surface area (Å²) in [6.07, 6.45) is 0.